The van der Waals surface area contributed by atoms with E-state index in [2.05, 4.69) is 11.1 Å². The minimum Gasteiger partial charge on any atom is -0.362 e. The van der Waals surface area contributed by atoms with Crippen LogP contribution in [0.3, 0.4) is 0 Å². The number of nitriles is 1. The predicted octanol–water partition coefficient (Wildman–Crippen LogP) is 2.99. The molecule has 5 heteroatoms. The molecule has 0 unspecified atom stereocenters. The van der Waals surface area contributed by atoms with Crippen molar-refractivity contribution in [2.45, 2.75) is 0 Å². The van der Waals surface area contributed by atoms with E-state index in [1.807, 2.05) is 12.1 Å². The highest BCUT2D eigenvalue weighted by atomic mass is 16.6. The van der Waals surface area contributed by atoms with Crippen LogP contribution < -0.4 is 0 Å². The smallest absolute Gasteiger partial charge is 0.269 e. The molecule has 0 spiro atoms. The van der Waals surface area contributed by atoms with Crippen LogP contribution in [-0.4, -0.2) is 9.91 Å². The quantitative estimate of drug-likeness (QED) is 0.507. The van der Waals surface area contributed by atoms with Crippen molar-refractivity contribution < 1.29 is 4.92 Å². The summed E-state index contributed by atoms with van der Waals surface area (Å²) in [6.45, 7) is 0. The molecule has 0 saturated heterocycles. The third kappa shape index (κ3) is 2.44. The number of nitro groups is 1. The van der Waals surface area contributed by atoms with Crippen molar-refractivity contribution in [2.24, 2.45) is 0 Å². The maximum Gasteiger partial charge on any atom is 0.269 e. The minimum atomic E-state index is -0.468. The fraction of sp³-hybridized carbons (Fsp3) is 0. The van der Waals surface area contributed by atoms with E-state index in [1.165, 1.54) is 12.1 Å². The maximum atomic E-state index is 10.5. The zero-order valence-electron chi connectivity index (χ0n) is 9.33. The molecule has 18 heavy (non-hydrogen) atoms. The number of aromatic amines is 1. The fourth-order valence-electron chi connectivity index (χ4n) is 1.53. The van der Waals surface area contributed by atoms with Crippen LogP contribution in [0.4, 0.5) is 5.69 Å². The van der Waals surface area contributed by atoms with Crippen LogP contribution in [0.15, 0.2) is 42.6 Å². The van der Waals surface area contributed by atoms with E-state index in [1.54, 1.807) is 24.4 Å². The highest BCUT2D eigenvalue weighted by Gasteiger charge is 2.06. The second-order valence-corrected chi connectivity index (χ2v) is 3.60. The Bertz CT molecular complexity index is 619. The normalized spacial score (nSPS) is 10.9. The number of aromatic nitrogens is 1. The molecule has 5 nitrogen and oxygen atoms in total. The number of nitro benzene ring substituents is 1. The van der Waals surface area contributed by atoms with Crippen molar-refractivity contribution >= 4 is 17.3 Å². The van der Waals surface area contributed by atoms with Crippen LogP contribution in [0, 0.1) is 21.4 Å². The van der Waals surface area contributed by atoms with E-state index in [0.717, 1.165) is 5.69 Å². The Balaban J connectivity index is 2.35. The molecule has 0 bridgehead atoms. The van der Waals surface area contributed by atoms with E-state index in [4.69, 9.17) is 5.26 Å². The largest absolute Gasteiger partial charge is 0.362 e. The monoisotopic (exact) mass is 239 g/mol. The summed E-state index contributed by atoms with van der Waals surface area (Å²) in [4.78, 5) is 13.0. The number of allylic oxidation sites excluding steroid dienone is 1. The second-order valence-electron chi connectivity index (χ2n) is 3.60. The van der Waals surface area contributed by atoms with Crippen LogP contribution >= 0.6 is 0 Å². The molecule has 0 aliphatic carbocycles. The first-order valence-corrected chi connectivity index (χ1v) is 5.21. The zero-order valence-corrected chi connectivity index (χ0v) is 9.33. The van der Waals surface area contributed by atoms with Crippen LogP contribution in [0.1, 0.15) is 11.3 Å². The highest BCUT2D eigenvalue weighted by Crippen LogP contribution is 2.20. The lowest BCUT2D eigenvalue weighted by Crippen LogP contribution is -1.88. The number of rotatable bonds is 3. The number of H-pyrrole nitrogens is 1. The lowest BCUT2D eigenvalue weighted by atomic mass is 10.1. The van der Waals surface area contributed by atoms with Crippen molar-refractivity contribution in [1.82, 2.24) is 4.98 Å². The van der Waals surface area contributed by atoms with Crippen LogP contribution in [0.2, 0.25) is 0 Å². The number of nitrogens with zero attached hydrogens (tertiary/aromatic N) is 2. The molecule has 0 radical (unpaired) electrons. The lowest BCUT2D eigenvalue weighted by Gasteiger charge is -1.98. The first-order chi connectivity index (χ1) is 8.70. The Morgan fingerprint density at radius 2 is 2.06 bits per heavy atom. The topological polar surface area (TPSA) is 82.7 Å². The van der Waals surface area contributed by atoms with Crippen LogP contribution in [0.5, 0.6) is 0 Å². The second kappa shape index (κ2) is 4.97. The summed E-state index contributed by atoms with van der Waals surface area (Å²) in [5, 5.41) is 19.6. The molecule has 0 aliphatic heterocycles. The van der Waals surface area contributed by atoms with Crippen LogP contribution in [-0.2, 0) is 0 Å². The minimum absolute atomic E-state index is 0.0101. The van der Waals surface area contributed by atoms with Crippen molar-refractivity contribution in [3.8, 4) is 6.07 Å². The summed E-state index contributed by atoms with van der Waals surface area (Å²) in [6.07, 6.45) is 3.46. The Kier molecular flexibility index (Phi) is 3.21. The van der Waals surface area contributed by atoms with E-state index >= 15 is 0 Å². The predicted molar refractivity (Wildman–Crippen MR) is 67.4 cm³/mol. The van der Waals surface area contributed by atoms with Crippen molar-refractivity contribution in [3.05, 3.63) is 64.0 Å². The lowest BCUT2D eigenvalue weighted by molar-refractivity contribution is -0.384. The molecule has 1 aromatic carbocycles. The van der Waals surface area contributed by atoms with Crippen molar-refractivity contribution in [3.63, 3.8) is 0 Å². The third-order valence-electron chi connectivity index (χ3n) is 2.43. The van der Waals surface area contributed by atoms with Gasteiger partial charge in [0.15, 0.2) is 0 Å². The van der Waals surface area contributed by atoms with Crippen molar-refractivity contribution in [2.75, 3.05) is 0 Å². The molecule has 88 valence electrons. The van der Waals surface area contributed by atoms with Gasteiger partial charge in [-0.25, -0.2) is 0 Å². The Morgan fingerprint density at radius 1 is 1.33 bits per heavy atom. The van der Waals surface area contributed by atoms with Gasteiger partial charge in [-0.15, -0.1) is 0 Å². The Hall–Kier alpha value is -2.87. The average Bonchev–Trinajstić information content (AvgIpc) is 2.89. The van der Waals surface area contributed by atoms with Gasteiger partial charge >= 0.3 is 0 Å². The van der Waals surface area contributed by atoms with Gasteiger partial charge in [0.25, 0.3) is 5.69 Å². The summed E-state index contributed by atoms with van der Waals surface area (Å²) in [5.41, 5.74) is 1.92. The van der Waals surface area contributed by atoms with Crippen molar-refractivity contribution in [1.29, 1.82) is 5.26 Å². The first kappa shape index (κ1) is 11.6. The molecule has 2 rings (SSSR count). The summed E-state index contributed by atoms with van der Waals surface area (Å²) in [7, 11) is 0. The summed E-state index contributed by atoms with van der Waals surface area (Å²) in [6, 6.07) is 11.6. The highest BCUT2D eigenvalue weighted by molar-refractivity contribution is 5.89. The van der Waals surface area contributed by atoms with Gasteiger partial charge in [-0.05, 0) is 35.9 Å². The number of nitrogens with one attached hydrogen (secondary N) is 1. The van der Waals surface area contributed by atoms with E-state index < -0.39 is 4.92 Å². The van der Waals surface area contributed by atoms with Gasteiger partial charge < -0.3 is 4.98 Å². The number of hydrogen-bond acceptors (Lipinski definition) is 3. The third-order valence-corrected chi connectivity index (χ3v) is 2.43. The maximum absolute atomic E-state index is 10.5. The van der Waals surface area contributed by atoms with E-state index in [9.17, 15) is 10.1 Å². The van der Waals surface area contributed by atoms with Gasteiger partial charge in [-0.1, -0.05) is 0 Å². The van der Waals surface area contributed by atoms with Gasteiger partial charge in [0.2, 0.25) is 0 Å². The molecular weight excluding hydrogens is 230 g/mol. The molecule has 0 aliphatic rings. The Labute approximate surface area is 103 Å². The molecular formula is C13H9N3O2. The molecule has 1 heterocycles. The molecule has 0 fully saturated rings. The van der Waals surface area contributed by atoms with Crippen LogP contribution in [0.25, 0.3) is 11.6 Å². The fourth-order valence-corrected chi connectivity index (χ4v) is 1.53. The molecule has 0 atom stereocenters. The number of hydrogen-bond donors (Lipinski definition) is 1. The summed E-state index contributed by atoms with van der Waals surface area (Å²) in [5.74, 6) is 0. The molecule has 0 amide bonds. The first-order valence-electron chi connectivity index (χ1n) is 5.21. The van der Waals surface area contributed by atoms with Gasteiger partial charge in [0.1, 0.15) is 0 Å². The molecule has 0 saturated carbocycles. The van der Waals surface area contributed by atoms with Gasteiger partial charge in [0, 0.05) is 24.0 Å². The molecule has 1 aromatic heterocycles. The Morgan fingerprint density at radius 3 is 2.56 bits per heavy atom. The van der Waals surface area contributed by atoms with Gasteiger partial charge in [0.05, 0.1) is 16.6 Å². The number of non-ortho nitro benzene ring substituents is 1. The summed E-state index contributed by atoms with van der Waals surface area (Å²) < 4.78 is 0. The zero-order chi connectivity index (χ0) is 13.0. The standard InChI is InChI=1S/C13H9N3O2/c14-9-11(8-12-2-1-7-15-12)10-3-5-13(6-4-10)16(17)18/h1-8,15H/b11-8+. The van der Waals surface area contributed by atoms with E-state index in [-0.39, 0.29) is 5.69 Å². The SMILES string of the molecule is N#C/C(=C\c1ccc[nH]1)c1ccc([N+](=O)[O-])cc1. The summed E-state index contributed by atoms with van der Waals surface area (Å²) >= 11 is 0. The average molecular weight is 239 g/mol. The molecule has 1 N–H and O–H groups in total. The van der Waals surface area contributed by atoms with Gasteiger partial charge in [-0.3, -0.25) is 10.1 Å². The van der Waals surface area contributed by atoms with E-state index in [0.29, 0.717) is 11.1 Å². The number of benzene rings is 1. The molecule has 2 aromatic rings. The van der Waals surface area contributed by atoms with Gasteiger partial charge in [-0.2, -0.15) is 5.26 Å².